The molecule has 4 nitrogen and oxygen atoms in total. The Morgan fingerprint density at radius 3 is 2.23 bits per heavy atom. The molecule has 0 amide bonds. The lowest BCUT2D eigenvalue weighted by molar-refractivity contribution is -0.161. The van der Waals surface area contributed by atoms with E-state index in [1.165, 1.54) is 0 Å². The highest BCUT2D eigenvalue weighted by Gasteiger charge is 2.31. The smallest absolute Gasteiger partial charge is 0.309 e. The Kier molecular flexibility index (Phi) is 5.86. The molecule has 0 radical (unpaired) electrons. The highest BCUT2D eigenvalue weighted by atomic mass is 16.6. The first-order chi connectivity index (χ1) is 10.4. The van der Waals surface area contributed by atoms with Gasteiger partial charge in [0.25, 0.3) is 0 Å². The summed E-state index contributed by atoms with van der Waals surface area (Å²) in [5.74, 6) is 1.05. The van der Waals surface area contributed by atoms with Crippen LogP contribution in [-0.4, -0.2) is 36.1 Å². The second-order valence-electron chi connectivity index (χ2n) is 7.96. The number of nitrogens with zero attached hydrogens (tertiary/aromatic N) is 2. The van der Waals surface area contributed by atoms with Crippen LogP contribution in [0, 0.1) is 29.1 Å². The minimum atomic E-state index is -0.376. The van der Waals surface area contributed by atoms with E-state index in [1.807, 2.05) is 20.8 Å². The number of carbonyl (C=O) groups excluding carboxylic acids is 1. The first kappa shape index (κ1) is 17.3. The van der Waals surface area contributed by atoms with E-state index in [1.54, 1.807) is 0 Å². The van der Waals surface area contributed by atoms with Gasteiger partial charge in [0.2, 0.25) is 0 Å². The number of esters is 1. The van der Waals surface area contributed by atoms with Crippen LogP contribution in [0.25, 0.3) is 0 Å². The maximum Gasteiger partial charge on any atom is 0.309 e. The number of ether oxygens (including phenoxy) is 1. The predicted octanol–water partition coefficient (Wildman–Crippen LogP) is 3.37. The Morgan fingerprint density at radius 2 is 1.73 bits per heavy atom. The summed E-state index contributed by atoms with van der Waals surface area (Å²) in [5.41, 5.74) is -0.376. The number of piperidine rings is 1. The van der Waals surface area contributed by atoms with Crippen molar-refractivity contribution >= 4 is 5.97 Å². The molecule has 0 bridgehead atoms. The maximum absolute atomic E-state index is 12.1. The molecule has 22 heavy (non-hydrogen) atoms. The van der Waals surface area contributed by atoms with Crippen LogP contribution in [0.3, 0.4) is 0 Å². The number of likely N-dealkylation sites (tertiary alicyclic amines) is 1. The molecule has 1 saturated heterocycles. The van der Waals surface area contributed by atoms with Crippen LogP contribution in [0.2, 0.25) is 0 Å². The van der Waals surface area contributed by atoms with E-state index in [-0.39, 0.29) is 23.4 Å². The van der Waals surface area contributed by atoms with Crippen LogP contribution < -0.4 is 0 Å². The van der Waals surface area contributed by atoms with E-state index in [4.69, 9.17) is 10.00 Å². The normalized spacial score (nSPS) is 28.1. The first-order valence-electron chi connectivity index (χ1n) is 8.72. The molecule has 0 aromatic heterocycles. The summed E-state index contributed by atoms with van der Waals surface area (Å²) >= 11 is 0. The van der Waals surface area contributed by atoms with Gasteiger partial charge < -0.3 is 9.64 Å². The quantitative estimate of drug-likeness (QED) is 0.750. The van der Waals surface area contributed by atoms with Crippen LogP contribution in [0.5, 0.6) is 0 Å². The van der Waals surface area contributed by atoms with E-state index >= 15 is 0 Å². The lowest BCUT2D eigenvalue weighted by atomic mass is 9.81. The summed E-state index contributed by atoms with van der Waals surface area (Å²) in [6.07, 6.45) is 6.22. The molecule has 0 spiro atoms. The molecular weight excluding hydrogens is 276 g/mol. The minimum absolute atomic E-state index is 0.0132. The van der Waals surface area contributed by atoms with Crippen molar-refractivity contribution in [1.29, 1.82) is 5.26 Å². The zero-order chi connectivity index (χ0) is 16.2. The van der Waals surface area contributed by atoms with Gasteiger partial charge in [-0.15, -0.1) is 0 Å². The van der Waals surface area contributed by atoms with Gasteiger partial charge in [-0.05, 0) is 78.3 Å². The van der Waals surface area contributed by atoms with Gasteiger partial charge in [0.05, 0.1) is 12.0 Å². The molecule has 0 unspecified atom stereocenters. The van der Waals surface area contributed by atoms with Crippen molar-refractivity contribution in [3.05, 3.63) is 0 Å². The molecule has 4 heteroatoms. The maximum atomic E-state index is 12.1. The monoisotopic (exact) mass is 306 g/mol. The second-order valence-corrected chi connectivity index (χ2v) is 7.96. The number of carbonyl (C=O) groups is 1. The van der Waals surface area contributed by atoms with E-state index in [0.717, 1.165) is 58.2 Å². The van der Waals surface area contributed by atoms with Crippen LogP contribution in [0.1, 0.15) is 59.3 Å². The van der Waals surface area contributed by atoms with Gasteiger partial charge in [-0.2, -0.15) is 5.26 Å². The van der Waals surface area contributed by atoms with Gasteiger partial charge in [0.15, 0.2) is 0 Å². The third-order valence-electron chi connectivity index (χ3n) is 4.87. The molecule has 2 aliphatic rings. The van der Waals surface area contributed by atoms with Gasteiger partial charge in [0, 0.05) is 12.5 Å². The van der Waals surface area contributed by atoms with Crippen molar-refractivity contribution in [2.45, 2.75) is 64.9 Å². The Labute approximate surface area is 134 Å². The largest absolute Gasteiger partial charge is 0.460 e. The summed E-state index contributed by atoms with van der Waals surface area (Å²) in [7, 11) is 0. The lowest BCUT2D eigenvalue weighted by Gasteiger charge is -2.35. The van der Waals surface area contributed by atoms with Gasteiger partial charge in [-0.25, -0.2) is 0 Å². The van der Waals surface area contributed by atoms with E-state index in [0.29, 0.717) is 5.92 Å². The molecule has 2 rings (SSSR count). The number of hydrogen-bond acceptors (Lipinski definition) is 4. The summed E-state index contributed by atoms with van der Waals surface area (Å²) in [4.78, 5) is 14.6. The Morgan fingerprint density at radius 1 is 1.14 bits per heavy atom. The van der Waals surface area contributed by atoms with E-state index < -0.39 is 0 Å². The van der Waals surface area contributed by atoms with E-state index in [9.17, 15) is 4.79 Å². The third-order valence-corrected chi connectivity index (χ3v) is 4.87. The molecule has 1 heterocycles. The van der Waals surface area contributed by atoms with Crippen LogP contribution in [0.15, 0.2) is 0 Å². The highest BCUT2D eigenvalue weighted by molar-refractivity contribution is 5.72. The SMILES string of the molecule is CC(C)(C)OC(=O)C1CCC(CN2CCC(C#N)CC2)CC1. The van der Waals surface area contributed by atoms with Crippen molar-refractivity contribution in [1.82, 2.24) is 4.90 Å². The van der Waals surface area contributed by atoms with Gasteiger partial charge >= 0.3 is 5.97 Å². The van der Waals surface area contributed by atoms with Gasteiger partial charge in [-0.1, -0.05) is 0 Å². The van der Waals surface area contributed by atoms with Gasteiger partial charge in [0.1, 0.15) is 5.60 Å². The molecule has 1 aliphatic carbocycles. The fourth-order valence-electron chi connectivity index (χ4n) is 3.58. The van der Waals surface area contributed by atoms with Crippen LogP contribution in [0.4, 0.5) is 0 Å². The first-order valence-corrected chi connectivity index (χ1v) is 8.72. The molecule has 2 fully saturated rings. The van der Waals surface area contributed by atoms with Crippen molar-refractivity contribution in [2.24, 2.45) is 17.8 Å². The number of hydrogen-bond donors (Lipinski definition) is 0. The lowest BCUT2D eigenvalue weighted by Crippen LogP contribution is -2.38. The molecule has 1 saturated carbocycles. The van der Waals surface area contributed by atoms with Crippen LogP contribution >= 0.6 is 0 Å². The molecular formula is C18H30N2O2. The van der Waals surface area contributed by atoms with Gasteiger partial charge in [-0.3, -0.25) is 4.79 Å². The number of nitriles is 1. The summed E-state index contributed by atoms with van der Waals surface area (Å²) in [6, 6.07) is 2.39. The standard InChI is InChI=1S/C18H30N2O2/c1-18(2,3)22-17(21)16-6-4-15(5-7-16)13-20-10-8-14(12-19)9-11-20/h14-16H,4-11,13H2,1-3H3. The third kappa shape index (κ3) is 5.28. The zero-order valence-electron chi connectivity index (χ0n) is 14.3. The fraction of sp³-hybridized carbons (Fsp3) is 0.889. The summed E-state index contributed by atoms with van der Waals surface area (Å²) in [6.45, 7) is 9.05. The van der Waals surface area contributed by atoms with Crippen LogP contribution in [-0.2, 0) is 9.53 Å². The highest BCUT2D eigenvalue weighted by Crippen LogP contribution is 2.31. The topological polar surface area (TPSA) is 53.3 Å². The average Bonchev–Trinajstić information content (AvgIpc) is 2.47. The Bertz CT molecular complexity index is 406. The van der Waals surface area contributed by atoms with Crippen molar-refractivity contribution in [3.63, 3.8) is 0 Å². The fourth-order valence-corrected chi connectivity index (χ4v) is 3.58. The summed E-state index contributed by atoms with van der Waals surface area (Å²) in [5, 5.41) is 8.95. The van der Waals surface area contributed by atoms with Crippen molar-refractivity contribution < 1.29 is 9.53 Å². The predicted molar refractivity (Wildman–Crippen MR) is 86.1 cm³/mol. The zero-order valence-corrected chi connectivity index (χ0v) is 14.3. The molecule has 124 valence electrons. The molecule has 0 N–H and O–H groups in total. The van der Waals surface area contributed by atoms with Crippen molar-refractivity contribution in [2.75, 3.05) is 19.6 Å². The Balaban J connectivity index is 1.69. The number of rotatable bonds is 3. The Hall–Kier alpha value is -1.08. The minimum Gasteiger partial charge on any atom is -0.460 e. The summed E-state index contributed by atoms with van der Waals surface area (Å²) < 4.78 is 5.51. The average molecular weight is 306 g/mol. The molecule has 0 aromatic carbocycles. The molecule has 0 aromatic rings. The van der Waals surface area contributed by atoms with Crippen molar-refractivity contribution in [3.8, 4) is 6.07 Å². The molecule has 1 aliphatic heterocycles. The van der Waals surface area contributed by atoms with E-state index in [2.05, 4.69) is 11.0 Å². The second kappa shape index (κ2) is 7.46. The molecule has 0 atom stereocenters.